The Morgan fingerprint density at radius 2 is 1.90 bits per heavy atom. The van der Waals surface area contributed by atoms with Crippen LogP contribution in [-0.4, -0.2) is 51.5 Å². The smallest absolute Gasteiger partial charge is 0.255 e. The summed E-state index contributed by atoms with van der Waals surface area (Å²) in [6.45, 7) is 3.26. The molecule has 0 aliphatic carbocycles. The molecule has 2 aromatic rings. The van der Waals surface area contributed by atoms with Crippen molar-refractivity contribution in [2.45, 2.75) is 11.8 Å². The van der Waals surface area contributed by atoms with Crippen LogP contribution in [0.3, 0.4) is 0 Å². The van der Waals surface area contributed by atoms with E-state index >= 15 is 0 Å². The first-order valence-corrected chi connectivity index (χ1v) is 10.6. The Bertz CT molecular complexity index is 1020. The first-order valence-electron chi connectivity index (χ1n) is 9.12. The number of nitriles is 1. The van der Waals surface area contributed by atoms with E-state index in [9.17, 15) is 13.2 Å². The summed E-state index contributed by atoms with van der Waals surface area (Å²) in [5.74, 6) is -0.177. The summed E-state index contributed by atoms with van der Waals surface area (Å²) >= 11 is 0. The lowest BCUT2D eigenvalue weighted by atomic mass is 10.1. The van der Waals surface area contributed by atoms with Gasteiger partial charge >= 0.3 is 0 Å². The summed E-state index contributed by atoms with van der Waals surface area (Å²) in [4.78, 5) is 12.5. The van der Waals surface area contributed by atoms with E-state index in [-0.39, 0.29) is 23.7 Å². The highest BCUT2D eigenvalue weighted by atomic mass is 32.2. The number of nitrogens with zero attached hydrogens (tertiary/aromatic N) is 2. The minimum absolute atomic E-state index is 0.00104. The van der Waals surface area contributed by atoms with E-state index in [0.717, 1.165) is 0 Å². The van der Waals surface area contributed by atoms with Crippen LogP contribution in [0.15, 0.2) is 47.4 Å². The molecule has 8 nitrogen and oxygen atoms in total. The maximum absolute atomic E-state index is 13.1. The molecule has 29 heavy (non-hydrogen) atoms. The van der Waals surface area contributed by atoms with Crippen molar-refractivity contribution in [1.29, 1.82) is 5.26 Å². The lowest BCUT2D eigenvalue weighted by molar-refractivity contribution is 0.0729. The molecule has 1 aliphatic rings. The summed E-state index contributed by atoms with van der Waals surface area (Å²) in [6.07, 6.45) is 0. The number of nitrogens with one attached hydrogen (secondary N) is 1. The molecule has 152 valence electrons. The molecule has 0 bridgehead atoms. The molecule has 1 fully saturated rings. The van der Waals surface area contributed by atoms with Crippen molar-refractivity contribution in [3.05, 3.63) is 53.6 Å². The summed E-state index contributed by atoms with van der Waals surface area (Å²) < 4.78 is 38.3. The average Bonchev–Trinajstić information content (AvgIpc) is 2.75. The number of sulfonamides is 1. The number of carbonyl (C=O) groups is 1. The van der Waals surface area contributed by atoms with Gasteiger partial charge in [0.2, 0.25) is 10.0 Å². The summed E-state index contributed by atoms with van der Waals surface area (Å²) in [6, 6.07) is 12.7. The van der Waals surface area contributed by atoms with Gasteiger partial charge in [0, 0.05) is 24.3 Å². The third-order valence-corrected chi connectivity index (χ3v) is 6.29. The number of morpholine rings is 1. The molecule has 2 aromatic carbocycles. The first-order chi connectivity index (χ1) is 14.0. The molecule has 3 rings (SSSR count). The van der Waals surface area contributed by atoms with E-state index in [1.54, 1.807) is 25.1 Å². The molecule has 1 saturated heterocycles. The molecule has 9 heteroatoms. The van der Waals surface area contributed by atoms with Gasteiger partial charge in [-0.3, -0.25) is 4.79 Å². The van der Waals surface area contributed by atoms with Crippen molar-refractivity contribution in [3.63, 3.8) is 0 Å². The SMILES string of the molecule is CCOc1ccc(NC(=O)c2ccc(C#N)cc2)cc1S(=O)(=O)N1CCOCC1. The van der Waals surface area contributed by atoms with Crippen LogP contribution < -0.4 is 10.1 Å². The van der Waals surface area contributed by atoms with Crippen molar-refractivity contribution in [2.75, 3.05) is 38.2 Å². The minimum Gasteiger partial charge on any atom is -0.492 e. The highest BCUT2D eigenvalue weighted by Gasteiger charge is 2.29. The van der Waals surface area contributed by atoms with Crippen LogP contribution >= 0.6 is 0 Å². The molecular weight excluding hydrogens is 394 g/mol. The van der Waals surface area contributed by atoms with Crippen LogP contribution in [0.25, 0.3) is 0 Å². The van der Waals surface area contributed by atoms with E-state index in [2.05, 4.69) is 5.32 Å². The monoisotopic (exact) mass is 415 g/mol. The maximum atomic E-state index is 13.1. The predicted molar refractivity (Wildman–Crippen MR) is 106 cm³/mol. The molecule has 1 aliphatic heterocycles. The fraction of sp³-hybridized carbons (Fsp3) is 0.300. The van der Waals surface area contributed by atoms with Gasteiger partial charge in [0.1, 0.15) is 10.6 Å². The van der Waals surface area contributed by atoms with Gasteiger partial charge < -0.3 is 14.8 Å². The van der Waals surface area contributed by atoms with Crippen LogP contribution in [0, 0.1) is 11.3 Å². The Hall–Kier alpha value is -2.93. The zero-order valence-electron chi connectivity index (χ0n) is 15.9. The molecule has 0 saturated carbocycles. The number of hydrogen-bond acceptors (Lipinski definition) is 6. The van der Waals surface area contributed by atoms with E-state index in [1.807, 2.05) is 6.07 Å². The zero-order chi connectivity index (χ0) is 20.9. The quantitative estimate of drug-likeness (QED) is 0.775. The van der Waals surface area contributed by atoms with Gasteiger partial charge in [-0.25, -0.2) is 8.42 Å². The minimum atomic E-state index is -3.81. The van der Waals surface area contributed by atoms with Crippen LogP contribution in [0.1, 0.15) is 22.8 Å². The molecule has 0 spiro atoms. The number of anilines is 1. The first kappa shape index (κ1) is 20.8. The highest BCUT2D eigenvalue weighted by Crippen LogP contribution is 2.30. The molecule has 1 amide bonds. The van der Waals surface area contributed by atoms with Gasteiger partial charge in [-0.05, 0) is 49.4 Å². The summed E-state index contributed by atoms with van der Waals surface area (Å²) in [7, 11) is -3.81. The van der Waals surface area contributed by atoms with Gasteiger partial charge in [-0.2, -0.15) is 9.57 Å². The van der Waals surface area contributed by atoms with Crippen molar-refractivity contribution >= 4 is 21.6 Å². The second-order valence-electron chi connectivity index (χ2n) is 6.25. The average molecular weight is 415 g/mol. The Morgan fingerprint density at radius 1 is 1.21 bits per heavy atom. The van der Waals surface area contributed by atoms with E-state index in [1.165, 1.54) is 28.6 Å². The predicted octanol–water partition coefficient (Wildman–Crippen LogP) is 2.23. The van der Waals surface area contributed by atoms with E-state index in [0.29, 0.717) is 36.6 Å². The summed E-state index contributed by atoms with van der Waals surface area (Å²) in [5, 5.41) is 11.6. The molecule has 0 radical (unpaired) electrons. The second kappa shape index (κ2) is 9.05. The normalized spacial score (nSPS) is 14.8. The second-order valence-corrected chi connectivity index (χ2v) is 8.16. The zero-order valence-corrected chi connectivity index (χ0v) is 16.7. The Morgan fingerprint density at radius 3 is 2.52 bits per heavy atom. The molecule has 1 heterocycles. The van der Waals surface area contributed by atoms with E-state index in [4.69, 9.17) is 14.7 Å². The number of benzene rings is 2. The Balaban J connectivity index is 1.89. The number of hydrogen-bond donors (Lipinski definition) is 1. The lowest BCUT2D eigenvalue weighted by Gasteiger charge is -2.27. The van der Waals surface area contributed by atoms with Crippen molar-refractivity contribution in [2.24, 2.45) is 0 Å². The van der Waals surface area contributed by atoms with Gasteiger partial charge in [-0.1, -0.05) is 0 Å². The van der Waals surface area contributed by atoms with Crippen molar-refractivity contribution in [3.8, 4) is 11.8 Å². The van der Waals surface area contributed by atoms with Gasteiger partial charge in [0.25, 0.3) is 5.91 Å². The van der Waals surface area contributed by atoms with Gasteiger partial charge in [0.15, 0.2) is 0 Å². The third-order valence-electron chi connectivity index (χ3n) is 4.37. The van der Waals surface area contributed by atoms with Crippen molar-refractivity contribution < 1.29 is 22.7 Å². The van der Waals surface area contributed by atoms with Gasteiger partial charge in [-0.15, -0.1) is 0 Å². The third kappa shape index (κ3) is 4.74. The Labute approximate surface area is 169 Å². The molecule has 0 aromatic heterocycles. The topological polar surface area (TPSA) is 109 Å². The molecule has 0 atom stereocenters. The number of ether oxygens (including phenoxy) is 2. The largest absolute Gasteiger partial charge is 0.492 e. The molecule has 1 N–H and O–H groups in total. The molecule has 0 unspecified atom stereocenters. The summed E-state index contributed by atoms with van der Waals surface area (Å²) in [5.41, 5.74) is 1.13. The van der Waals surface area contributed by atoms with Gasteiger partial charge in [0.05, 0.1) is 31.5 Å². The van der Waals surface area contributed by atoms with E-state index < -0.39 is 15.9 Å². The fourth-order valence-electron chi connectivity index (χ4n) is 2.89. The number of carbonyl (C=O) groups excluding carboxylic acids is 1. The fourth-order valence-corrected chi connectivity index (χ4v) is 4.45. The van der Waals surface area contributed by atoms with Crippen LogP contribution in [-0.2, 0) is 14.8 Å². The molecular formula is C20H21N3O5S. The number of rotatable bonds is 6. The van der Waals surface area contributed by atoms with Crippen LogP contribution in [0.2, 0.25) is 0 Å². The van der Waals surface area contributed by atoms with Crippen LogP contribution in [0.5, 0.6) is 5.75 Å². The van der Waals surface area contributed by atoms with Crippen LogP contribution in [0.4, 0.5) is 5.69 Å². The maximum Gasteiger partial charge on any atom is 0.255 e. The lowest BCUT2D eigenvalue weighted by Crippen LogP contribution is -2.40. The highest BCUT2D eigenvalue weighted by molar-refractivity contribution is 7.89. The van der Waals surface area contributed by atoms with Crippen molar-refractivity contribution in [1.82, 2.24) is 4.31 Å². The standard InChI is InChI=1S/C20H21N3O5S/c1-2-28-18-8-7-17(22-20(24)16-5-3-15(14-21)4-6-16)13-19(18)29(25,26)23-9-11-27-12-10-23/h3-8,13H,2,9-12H2,1H3,(H,22,24). The number of amides is 1. The Kier molecular flexibility index (Phi) is 6.49.